The van der Waals surface area contributed by atoms with Gasteiger partial charge in [-0.05, 0) is 48.1 Å². The minimum atomic E-state index is -0.895. The molecule has 2 atom stereocenters. The topological polar surface area (TPSA) is 96.0 Å². The maximum atomic E-state index is 12.4. The Morgan fingerprint density at radius 1 is 0.806 bits per heavy atom. The van der Waals surface area contributed by atoms with Crippen molar-refractivity contribution >= 4 is 23.7 Å². The van der Waals surface area contributed by atoms with Gasteiger partial charge in [0.25, 0.3) is 0 Å². The monoisotopic (exact) mass is 420 g/mol. The lowest BCUT2D eigenvalue weighted by Gasteiger charge is -2.24. The van der Waals surface area contributed by atoms with E-state index >= 15 is 0 Å². The number of carbonyl (C=O) groups excluding carboxylic acids is 4. The Labute approximate surface area is 179 Å². The Kier molecular flexibility index (Phi) is 8.22. The fourth-order valence-corrected chi connectivity index (χ4v) is 2.45. The molecule has 0 aromatic heterocycles. The summed E-state index contributed by atoms with van der Waals surface area (Å²) in [6, 6.07) is 6.02. The molecule has 2 rings (SSSR count). The Balaban J connectivity index is 2.11. The molecule has 0 N–H and O–H groups in total. The summed E-state index contributed by atoms with van der Waals surface area (Å²) < 4.78 is 15.3. The highest BCUT2D eigenvalue weighted by Crippen LogP contribution is 2.20. The summed E-state index contributed by atoms with van der Waals surface area (Å²) in [5.74, 6) is -1.96. The standard InChI is InChI=1S/C24H20O7/c1-4-22(26)29-18-11-9-17(10-12-18)19(25)13-7-16-8-14-20(30-23(27)5-2)21(15-16)31-24(28)6-3/h4-15,20-21H,1-3H2/b13-7+. The first kappa shape index (κ1) is 23.0. The van der Waals surface area contributed by atoms with Crippen LogP contribution in [-0.4, -0.2) is 35.9 Å². The van der Waals surface area contributed by atoms with Gasteiger partial charge in [-0.3, -0.25) is 4.79 Å². The first-order valence-corrected chi connectivity index (χ1v) is 9.09. The van der Waals surface area contributed by atoms with Gasteiger partial charge in [0.2, 0.25) is 0 Å². The average molecular weight is 420 g/mol. The zero-order valence-corrected chi connectivity index (χ0v) is 16.6. The van der Waals surface area contributed by atoms with Crippen molar-refractivity contribution in [1.29, 1.82) is 0 Å². The van der Waals surface area contributed by atoms with E-state index in [1.807, 2.05) is 0 Å². The summed E-state index contributed by atoms with van der Waals surface area (Å²) in [6.07, 6.45) is 8.88. The van der Waals surface area contributed by atoms with Crippen molar-refractivity contribution in [2.45, 2.75) is 12.2 Å². The fraction of sp³-hybridized carbons (Fsp3) is 0.0833. The van der Waals surface area contributed by atoms with Crippen LogP contribution < -0.4 is 4.74 Å². The number of allylic oxidation sites excluding steroid dienone is 4. The van der Waals surface area contributed by atoms with Gasteiger partial charge < -0.3 is 14.2 Å². The normalized spacial score (nSPS) is 17.2. The van der Waals surface area contributed by atoms with Crippen LogP contribution in [0.2, 0.25) is 0 Å². The molecule has 0 fully saturated rings. The van der Waals surface area contributed by atoms with Gasteiger partial charge in [-0.2, -0.15) is 0 Å². The summed E-state index contributed by atoms with van der Waals surface area (Å²) in [6.45, 7) is 9.98. The summed E-state index contributed by atoms with van der Waals surface area (Å²) in [7, 11) is 0. The molecule has 0 heterocycles. The van der Waals surface area contributed by atoms with Crippen LogP contribution in [0.1, 0.15) is 10.4 Å². The molecule has 0 radical (unpaired) electrons. The molecule has 2 unspecified atom stereocenters. The van der Waals surface area contributed by atoms with Gasteiger partial charge in [0.1, 0.15) is 5.75 Å². The molecule has 1 aromatic rings. The number of hydrogen-bond donors (Lipinski definition) is 0. The largest absolute Gasteiger partial charge is 0.451 e. The van der Waals surface area contributed by atoms with Gasteiger partial charge in [0, 0.05) is 23.8 Å². The molecule has 1 aliphatic rings. The minimum Gasteiger partial charge on any atom is -0.451 e. The molecule has 0 aliphatic heterocycles. The molecule has 0 saturated carbocycles. The first-order valence-electron chi connectivity index (χ1n) is 9.09. The zero-order valence-electron chi connectivity index (χ0n) is 16.6. The van der Waals surface area contributed by atoms with Crippen molar-refractivity contribution in [1.82, 2.24) is 0 Å². The predicted molar refractivity (Wildman–Crippen MR) is 113 cm³/mol. The molecular weight excluding hydrogens is 400 g/mol. The molecule has 0 saturated heterocycles. The van der Waals surface area contributed by atoms with Crippen molar-refractivity contribution < 1.29 is 33.4 Å². The zero-order chi connectivity index (χ0) is 22.8. The molecule has 7 nitrogen and oxygen atoms in total. The quantitative estimate of drug-likeness (QED) is 0.262. The van der Waals surface area contributed by atoms with E-state index in [0.717, 1.165) is 18.2 Å². The second-order valence-corrected chi connectivity index (χ2v) is 6.08. The van der Waals surface area contributed by atoms with Crippen LogP contribution in [-0.2, 0) is 23.9 Å². The molecule has 1 aromatic carbocycles. The number of ether oxygens (including phenoxy) is 3. The van der Waals surface area contributed by atoms with E-state index in [1.54, 1.807) is 12.2 Å². The molecule has 31 heavy (non-hydrogen) atoms. The lowest BCUT2D eigenvalue weighted by atomic mass is 10.0. The van der Waals surface area contributed by atoms with E-state index in [9.17, 15) is 19.2 Å². The third kappa shape index (κ3) is 6.93. The Morgan fingerprint density at radius 2 is 1.39 bits per heavy atom. The van der Waals surface area contributed by atoms with Crippen LogP contribution in [0.25, 0.3) is 0 Å². The summed E-state index contributed by atoms with van der Waals surface area (Å²) in [5.41, 5.74) is 0.945. The van der Waals surface area contributed by atoms with Crippen LogP contribution in [0.4, 0.5) is 0 Å². The number of ketones is 1. The average Bonchev–Trinajstić information content (AvgIpc) is 2.78. The van der Waals surface area contributed by atoms with Gasteiger partial charge in [-0.1, -0.05) is 31.9 Å². The fourth-order valence-electron chi connectivity index (χ4n) is 2.45. The van der Waals surface area contributed by atoms with Gasteiger partial charge in [0.05, 0.1) is 0 Å². The number of benzene rings is 1. The van der Waals surface area contributed by atoms with Crippen LogP contribution in [0.15, 0.2) is 98.2 Å². The summed E-state index contributed by atoms with van der Waals surface area (Å²) in [4.78, 5) is 46.7. The Hall–Kier alpha value is -4.26. The molecule has 1 aliphatic carbocycles. The lowest BCUT2D eigenvalue weighted by molar-refractivity contribution is -0.154. The number of rotatable bonds is 9. The molecule has 0 bridgehead atoms. The van der Waals surface area contributed by atoms with E-state index in [-0.39, 0.29) is 11.5 Å². The van der Waals surface area contributed by atoms with Crippen LogP contribution >= 0.6 is 0 Å². The van der Waals surface area contributed by atoms with Crippen LogP contribution in [0.3, 0.4) is 0 Å². The minimum absolute atomic E-state index is 0.287. The van der Waals surface area contributed by atoms with Crippen molar-refractivity contribution in [3.63, 3.8) is 0 Å². The van der Waals surface area contributed by atoms with Gasteiger partial charge >= 0.3 is 17.9 Å². The van der Waals surface area contributed by atoms with E-state index in [0.29, 0.717) is 11.1 Å². The highest BCUT2D eigenvalue weighted by Gasteiger charge is 2.26. The Morgan fingerprint density at radius 3 is 1.97 bits per heavy atom. The van der Waals surface area contributed by atoms with Gasteiger partial charge in [-0.25, -0.2) is 14.4 Å². The molecular formula is C24H20O7. The van der Waals surface area contributed by atoms with Gasteiger partial charge in [0.15, 0.2) is 18.0 Å². The third-order valence-electron chi connectivity index (χ3n) is 3.95. The number of hydrogen-bond acceptors (Lipinski definition) is 7. The van der Waals surface area contributed by atoms with Crippen LogP contribution in [0.5, 0.6) is 5.75 Å². The van der Waals surface area contributed by atoms with Crippen LogP contribution in [0, 0.1) is 0 Å². The molecule has 158 valence electrons. The Bertz CT molecular complexity index is 993. The molecule has 0 amide bonds. The highest BCUT2D eigenvalue weighted by atomic mass is 16.6. The van der Waals surface area contributed by atoms with E-state index < -0.39 is 30.1 Å². The van der Waals surface area contributed by atoms with Crippen molar-refractivity contribution in [2.75, 3.05) is 0 Å². The summed E-state index contributed by atoms with van der Waals surface area (Å²) in [5, 5.41) is 0. The predicted octanol–water partition coefficient (Wildman–Crippen LogP) is 3.21. The van der Waals surface area contributed by atoms with Crippen molar-refractivity contribution in [3.05, 3.63) is 104 Å². The number of esters is 3. The number of carbonyl (C=O) groups is 4. The van der Waals surface area contributed by atoms with E-state index in [2.05, 4.69) is 19.7 Å². The SMILES string of the molecule is C=CC(=O)Oc1ccc(C(=O)/C=C/C2=CC(OC(=O)C=C)C(OC(=O)C=C)C=C2)cc1. The second-order valence-electron chi connectivity index (χ2n) is 6.08. The lowest BCUT2D eigenvalue weighted by Crippen LogP contribution is -2.33. The maximum Gasteiger partial charge on any atom is 0.335 e. The second kappa shape index (κ2) is 11.1. The summed E-state index contributed by atoms with van der Waals surface area (Å²) >= 11 is 0. The molecule has 0 spiro atoms. The van der Waals surface area contributed by atoms with Gasteiger partial charge in [-0.15, -0.1) is 0 Å². The maximum absolute atomic E-state index is 12.4. The third-order valence-corrected chi connectivity index (χ3v) is 3.95. The van der Waals surface area contributed by atoms with E-state index in [4.69, 9.17) is 14.2 Å². The van der Waals surface area contributed by atoms with E-state index in [1.165, 1.54) is 42.5 Å². The molecule has 7 heteroatoms. The highest BCUT2D eigenvalue weighted by molar-refractivity contribution is 6.04. The van der Waals surface area contributed by atoms with Crippen molar-refractivity contribution in [3.8, 4) is 5.75 Å². The smallest absolute Gasteiger partial charge is 0.335 e. The first-order chi connectivity index (χ1) is 14.9. The van der Waals surface area contributed by atoms with Crippen molar-refractivity contribution in [2.24, 2.45) is 0 Å².